The molecule has 2 aromatic heterocycles. The zero-order chi connectivity index (χ0) is 7.68. The SMILES string of the molecule is ClCc1cccc2ncnn12. The molecule has 4 heteroatoms. The lowest BCUT2D eigenvalue weighted by atomic mass is 10.4. The van der Waals surface area contributed by atoms with Gasteiger partial charge in [-0.05, 0) is 12.1 Å². The second-order valence-electron chi connectivity index (χ2n) is 2.18. The third-order valence-electron chi connectivity index (χ3n) is 1.52. The van der Waals surface area contributed by atoms with Crippen LogP contribution >= 0.6 is 11.6 Å². The minimum atomic E-state index is 0.459. The lowest BCUT2D eigenvalue weighted by Gasteiger charge is -1.96. The molecule has 2 rings (SSSR count). The van der Waals surface area contributed by atoms with Crippen molar-refractivity contribution < 1.29 is 0 Å². The van der Waals surface area contributed by atoms with E-state index in [1.165, 1.54) is 6.33 Å². The number of hydrogen-bond acceptors (Lipinski definition) is 2. The zero-order valence-corrected chi connectivity index (χ0v) is 6.49. The molecule has 0 radical (unpaired) electrons. The van der Waals surface area contributed by atoms with Crippen molar-refractivity contribution in [2.24, 2.45) is 0 Å². The van der Waals surface area contributed by atoms with E-state index in [1.807, 2.05) is 18.2 Å². The number of halogens is 1. The summed E-state index contributed by atoms with van der Waals surface area (Å²) in [7, 11) is 0. The van der Waals surface area contributed by atoms with E-state index in [4.69, 9.17) is 11.6 Å². The monoisotopic (exact) mass is 167 g/mol. The molecule has 3 nitrogen and oxygen atoms in total. The molecule has 2 heterocycles. The van der Waals surface area contributed by atoms with Gasteiger partial charge >= 0.3 is 0 Å². The van der Waals surface area contributed by atoms with E-state index in [0.29, 0.717) is 5.88 Å². The van der Waals surface area contributed by atoms with Crippen molar-refractivity contribution >= 4 is 17.2 Å². The largest absolute Gasteiger partial charge is 0.217 e. The first-order chi connectivity index (χ1) is 5.42. The Hall–Kier alpha value is -1.09. The van der Waals surface area contributed by atoms with Crippen molar-refractivity contribution in [3.8, 4) is 0 Å². The van der Waals surface area contributed by atoms with Crippen molar-refractivity contribution in [1.82, 2.24) is 14.6 Å². The predicted octanol–water partition coefficient (Wildman–Crippen LogP) is 1.47. The maximum atomic E-state index is 5.67. The first-order valence-corrected chi connectivity index (χ1v) is 3.79. The summed E-state index contributed by atoms with van der Waals surface area (Å²) in [6.07, 6.45) is 1.52. The van der Waals surface area contributed by atoms with Crippen molar-refractivity contribution in [2.75, 3.05) is 0 Å². The van der Waals surface area contributed by atoms with Crippen LogP contribution in [0, 0.1) is 0 Å². The molecule has 0 aliphatic heterocycles. The Kier molecular flexibility index (Phi) is 1.51. The number of fused-ring (bicyclic) bond motifs is 1. The lowest BCUT2D eigenvalue weighted by Crippen LogP contribution is -1.94. The molecule has 0 saturated heterocycles. The second kappa shape index (κ2) is 2.51. The summed E-state index contributed by atoms with van der Waals surface area (Å²) >= 11 is 5.67. The first-order valence-electron chi connectivity index (χ1n) is 3.25. The Morgan fingerprint density at radius 2 is 2.36 bits per heavy atom. The highest BCUT2D eigenvalue weighted by molar-refractivity contribution is 6.16. The van der Waals surface area contributed by atoms with Crippen LogP contribution in [0.4, 0.5) is 0 Å². The van der Waals surface area contributed by atoms with Crippen LogP contribution in [0.2, 0.25) is 0 Å². The average molecular weight is 168 g/mol. The van der Waals surface area contributed by atoms with Gasteiger partial charge in [-0.3, -0.25) is 0 Å². The van der Waals surface area contributed by atoms with Crippen molar-refractivity contribution in [1.29, 1.82) is 0 Å². The topological polar surface area (TPSA) is 30.2 Å². The molecule has 0 atom stereocenters. The van der Waals surface area contributed by atoms with Crippen LogP contribution in [0.25, 0.3) is 5.65 Å². The Morgan fingerprint density at radius 1 is 1.45 bits per heavy atom. The van der Waals surface area contributed by atoms with E-state index in [2.05, 4.69) is 10.1 Å². The minimum absolute atomic E-state index is 0.459. The number of nitrogens with zero attached hydrogens (tertiary/aromatic N) is 3. The van der Waals surface area contributed by atoms with Gasteiger partial charge in [-0.1, -0.05) is 6.07 Å². The average Bonchev–Trinajstić information content (AvgIpc) is 2.50. The van der Waals surface area contributed by atoms with Gasteiger partial charge in [-0.25, -0.2) is 9.50 Å². The molecule has 0 amide bonds. The van der Waals surface area contributed by atoms with E-state index in [0.717, 1.165) is 11.3 Å². The van der Waals surface area contributed by atoms with E-state index < -0.39 is 0 Å². The van der Waals surface area contributed by atoms with E-state index in [9.17, 15) is 0 Å². The second-order valence-corrected chi connectivity index (χ2v) is 2.45. The number of rotatable bonds is 1. The van der Waals surface area contributed by atoms with Crippen LogP contribution in [0.5, 0.6) is 0 Å². The third-order valence-corrected chi connectivity index (χ3v) is 1.79. The van der Waals surface area contributed by atoms with E-state index in [1.54, 1.807) is 4.52 Å². The van der Waals surface area contributed by atoms with Crippen LogP contribution in [0.15, 0.2) is 24.5 Å². The van der Waals surface area contributed by atoms with E-state index >= 15 is 0 Å². The molecule has 0 spiro atoms. The summed E-state index contributed by atoms with van der Waals surface area (Å²) in [4.78, 5) is 4.02. The highest BCUT2D eigenvalue weighted by Crippen LogP contribution is 2.05. The van der Waals surface area contributed by atoms with Gasteiger partial charge in [0, 0.05) is 0 Å². The Labute approximate surface area is 68.6 Å². The molecule has 0 aromatic carbocycles. The Morgan fingerprint density at radius 3 is 3.18 bits per heavy atom. The molecular weight excluding hydrogens is 162 g/mol. The fraction of sp³-hybridized carbons (Fsp3) is 0.143. The van der Waals surface area contributed by atoms with Gasteiger partial charge in [-0.15, -0.1) is 11.6 Å². The standard InChI is InChI=1S/C7H6ClN3/c8-4-6-2-1-3-7-9-5-10-11(6)7/h1-3,5H,4H2. The third kappa shape index (κ3) is 0.973. The highest BCUT2D eigenvalue weighted by Gasteiger charge is 1.98. The van der Waals surface area contributed by atoms with Crippen LogP contribution in [-0.4, -0.2) is 14.6 Å². The van der Waals surface area contributed by atoms with Gasteiger partial charge in [-0.2, -0.15) is 5.10 Å². The van der Waals surface area contributed by atoms with E-state index in [-0.39, 0.29) is 0 Å². The van der Waals surface area contributed by atoms with Gasteiger partial charge < -0.3 is 0 Å². The molecule has 0 N–H and O–H groups in total. The fourth-order valence-corrected chi connectivity index (χ4v) is 1.20. The highest BCUT2D eigenvalue weighted by atomic mass is 35.5. The summed E-state index contributed by atoms with van der Waals surface area (Å²) in [5.41, 5.74) is 1.80. The summed E-state index contributed by atoms with van der Waals surface area (Å²) in [6, 6.07) is 5.74. The Balaban J connectivity index is 2.79. The van der Waals surface area contributed by atoms with Crippen LogP contribution in [0.3, 0.4) is 0 Å². The molecule has 2 aromatic rings. The fourth-order valence-electron chi connectivity index (χ4n) is 1.00. The smallest absolute Gasteiger partial charge is 0.155 e. The number of aromatic nitrogens is 3. The summed E-state index contributed by atoms with van der Waals surface area (Å²) in [6.45, 7) is 0. The normalized spacial score (nSPS) is 10.6. The van der Waals surface area contributed by atoms with Crippen LogP contribution in [0.1, 0.15) is 5.69 Å². The predicted molar refractivity (Wildman–Crippen MR) is 42.5 cm³/mol. The first kappa shape index (κ1) is 6.61. The number of pyridine rings is 1. The maximum absolute atomic E-state index is 5.67. The molecular formula is C7H6ClN3. The Bertz CT molecular complexity index is 368. The van der Waals surface area contributed by atoms with Gasteiger partial charge in [0.15, 0.2) is 5.65 Å². The molecule has 56 valence electrons. The van der Waals surface area contributed by atoms with Crippen molar-refractivity contribution in [3.63, 3.8) is 0 Å². The zero-order valence-electron chi connectivity index (χ0n) is 5.74. The van der Waals surface area contributed by atoms with Gasteiger partial charge in [0.05, 0.1) is 11.6 Å². The summed E-state index contributed by atoms with van der Waals surface area (Å²) < 4.78 is 1.73. The van der Waals surface area contributed by atoms with Gasteiger partial charge in [0.2, 0.25) is 0 Å². The summed E-state index contributed by atoms with van der Waals surface area (Å²) in [5, 5.41) is 4.01. The lowest BCUT2D eigenvalue weighted by molar-refractivity contribution is 0.905. The molecule has 0 bridgehead atoms. The van der Waals surface area contributed by atoms with Crippen molar-refractivity contribution in [3.05, 3.63) is 30.2 Å². The maximum Gasteiger partial charge on any atom is 0.155 e. The van der Waals surface area contributed by atoms with Gasteiger partial charge in [0.25, 0.3) is 0 Å². The molecule has 0 unspecified atom stereocenters. The minimum Gasteiger partial charge on any atom is -0.217 e. The summed E-state index contributed by atoms with van der Waals surface area (Å²) in [5.74, 6) is 0.459. The van der Waals surface area contributed by atoms with Gasteiger partial charge in [0.1, 0.15) is 6.33 Å². The van der Waals surface area contributed by atoms with Crippen LogP contribution in [-0.2, 0) is 5.88 Å². The number of alkyl halides is 1. The molecule has 0 aliphatic carbocycles. The molecule has 0 saturated carbocycles. The number of hydrogen-bond donors (Lipinski definition) is 0. The molecule has 0 aliphatic rings. The quantitative estimate of drug-likeness (QED) is 0.602. The molecule has 0 fully saturated rings. The molecule has 11 heavy (non-hydrogen) atoms. The van der Waals surface area contributed by atoms with Crippen LogP contribution < -0.4 is 0 Å². The van der Waals surface area contributed by atoms with Crippen molar-refractivity contribution in [2.45, 2.75) is 5.88 Å².